The van der Waals surface area contributed by atoms with Crippen LogP contribution in [0.2, 0.25) is 0 Å². The van der Waals surface area contributed by atoms with Gasteiger partial charge in [-0.1, -0.05) is 0 Å². The fraction of sp³-hybridized carbons (Fsp3) is 0.632. The Labute approximate surface area is 155 Å². The fourth-order valence-electron chi connectivity index (χ4n) is 3.26. The zero-order valence-corrected chi connectivity index (χ0v) is 16.2. The molecule has 1 fully saturated rings. The molecule has 1 aliphatic heterocycles. The fourth-order valence-corrected chi connectivity index (χ4v) is 3.26. The Bertz CT molecular complexity index is 626. The van der Waals surface area contributed by atoms with Gasteiger partial charge in [-0.2, -0.15) is 0 Å². The first-order chi connectivity index (χ1) is 12.2. The van der Waals surface area contributed by atoms with Gasteiger partial charge in [0.1, 0.15) is 11.6 Å². The van der Waals surface area contributed by atoms with Gasteiger partial charge in [-0.15, -0.1) is 0 Å². The van der Waals surface area contributed by atoms with E-state index in [0.717, 1.165) is 13.1 Å². The molecule has 1 aromatic carbocycles. The summed E-state index contributed by atoms with van der Waals surface area (Å²) in [6.07, 6.45) is 1.12. The van der Waals surface area contributed by atoms with Crippen molar-refractivity contribution in [2.75, 3.05) is 54.4 Å². The summed E-state index contributed by atoms with van der Waals surface area (Å²) >= 11 is 0. The van der Waals surface area contributed by atoms with Crippen molar-refractivity contribution in [2.24, 2.45) is 0 Å². The summed E-state index contributed by atoms with van der Waals surface area (Å²) < 4.78 is 19.2. The quantitative estimate of drug-likeness (QED) is 0.748. The smallest absolute Gasteiger partial charge is 0.256 e. The Hall–Kier alpha value is -1.70. The second-order valence-corrected chi connectivity index (χ2v) is 7.36. The van der Waals surface area contributed by atoms with Crippen molar-refractivity contribution in [2.45, 2.75) is 25.0 Å². The lowest BCUT2D eigenvalue weighted by Crippen LogP contribution is -2.58. The van der Waals surface area contributed by atoms with Gasteiger partial charge in [-0.25, -0.2) is 4.39 Å². The molecule has 0 bridgehead atoms. The Morgan fingerprint density at radius 1 is 1.31 bits per heavy atom. The number of ether oxygens (including phenoxy) is 1. The highest BCUT2D eigenvalue weighted by Crippen LogP contribution is 2.26. The maximum absolute atomic E-state index is 14.1. The van der Waals surface area contributed by atoms with Crippen LogP contribution in [0.15, 0.2) is 18.2 Å². The topological polar surface area (TPSA) is 56.3 Å². The van der Waals surface area contributed by atoms with E-state index in [1.165, 1.54) is 13.2 Å². The molecule has 1 N–H and O–H groups in total. The number of nitrogens with zero attached hydrogens (tertiary/aromatic N) is 3. The molecule has 0 unspecified atom stereocenters. The summed E-state index contributed by atoms with van der Waals surface area (Å²) in [6.45, 7) is 2.52. The Morgan fingerprint density at radius 2 is 2.04 bits per heavy atom. The molecule has 0 radical (unpaired) electrons. The molecule has 26 heavy (non-hydrogen) atoms. The minimum Gasteiger partial charge on any atom is -0.497 e. The number of likely N-dealkylation sites (N-methyl/N-ethyl adjacent to an activating group) is 2. The molecule has 1 aliphatic rings. The number of hydrogen-bond acceptors (Lipinski definition) is 5. The number of hydrogen-bond donors (Lipinski definition) is 1. The van der Waals surface area contributed by atoms with E-state index in [-0.39, 0.29) is 24.8 Å². The third-order valence-electron chi connectivity index (χ3n) is 4.78. The number of piperidine rings is 1. The van der Waals surface area contributed by atoms with Crippen LogP contribution in [0, 0.1) is 5.82 Å². The predicted octanol–water partition coefficient (Wildman–Crippen LogP) is 1.18. The minimum absolute atomic E-state index is 0.131. The van der Waals surface area contributed by atoms with Crippen LogP contribution in [-0.4, -0.2) is 85.7 Å². The van der Waals surface area contributed by atoms with Crippen LogP contribution >= 0.6 is 0 Å². The lowest BCUT2D eigenvalue weighted by molar-refractivity contribution is -0.159. The van der Waals surface area contributed by atoms with Gasteiger partial charge in [0.05, 0.1) is 7.11 Å². The summed E-state index contributed by atoms with van der Waals surface area (Å²) in [5.74, 6) is -0.164. The summed E-state index contributed by atoms with van der Waals surface area (Å²) in [4.78, 5) is 18.4. The molecule has 0 saturated carbocycles. The van der Waals surface area contributed by atoms with Crippen LogP contribution in [-0.2, 0) is 11.3 Å². The molecule has 6 nitrogen and oxygen atoms in total. The Kier molecular flexibility index (Phi) is 6.97. The molecule has 7 heteroatoms. The summed E-state index contributed by atoms with van der Waals surface area (Å²) in [6, 6.07) is 4.48. The van der Waals surface area contributed by atoms with Gasteiger partial charge in [-0.3, -0.25) is 4.79 Å². The lowest BCUT2D eigenvalue weighted by Gasteiger charge is -2.40. The normalized spacial score (nSPS) is 20.9. The molecule has 1 amide bonds. The van der Waals surface area contributed by atoms with Crippen molar-refractivity contribution in [1.29, 1.82) is 0 Å². The van der Waals surface area contributed by atoms with Gasteiger partial charge in [0.2, 0.25) is 0 Å². The number of rotatable bonds is 8. The van der Waals surface area contributed by atoms with Crippen molar-refractivity contribution in [3.63, 3.8) is 0 Å². The zero-order chi connectivity index (χ0) is 19.3. The van der Waals surface area contributed by atoms with Gasteiger partial charge < -0.3 is 24.5 Å². The molecule has 0 aliphatic carbocycles. The Balaban J connectivity index is 2.06. The SMILES string of the molecule is COc1ccc(F)c(CN2CCC[C@](O)(CN(C)CCN(C)C)C2=O)c1. The molecular weight excluding hydrogens is 337 g/mol. The van der Waals surface area contributed by atoms with E-state index in [1.54, 1.807) is 17.0 Å². The van der Waals surface area contributed by atoms with E-state index in [1.807, 2.05) is 26.0 Å². The molecule has 1 saturated heterocycles. The average molecular weight is 367 g/mol. The van der Waals surface area contributed by atoms with Crippen LogP contribution < -0.4 is 4.74 Å². The molecular formula is C19H30FN3O3. The number of likely N-dealkylation sites (tertiary alicyclic amines) is 1. The number of benzene rings is 1. The summed E-state index contributed by atoms with van der Waals surface area (Å²) in [5, 5.41) is 10.9. The molecule has 1 aromatic rings. The summed E-state index contributed by atoms with van der Waals surface area (Å²) in [7, 11) is 7.39. The molecule has 0 aromatic heterocycles. The zero-order valence-electron chi connectivity index (χ0n) is 16.2. The Morgan fingerprint density at radius 3 is 2.69 bits per heavy atom. The van der Waals surface area contributed by atoms with Gasteiger partial charge in [0.15, 0.2) is 5.60 Å². The second kappa shape index (κ2) is 8.79. The van der Waals surface area contributed by atoms with Crippen LogP contribution in [0.3, 0.4) is 0 Å². The first-order valence-corrected chi connectivity index (χ1v) is 8.92. The van der Waals surface area contributed by atoms with E-state index >= 15 is 0 Å². The molecule has 0 spiro atoms. The van der Waals surface area contributed by atoms with Gasteiger partial charge in [0, 0.05) is 38.3 Å². The van der Waals surface area contributed by atoms with Crippen LogP contribution in [0.25, 0.3) is 0 Å². The van der Waals surface area contributed by atoms with E-state index in [2.05, 4.69) is 4.90 Å². The lowest BCUT2D eigenvalue weighted by atomic mass is 9.90. The van der Waals surface area contributed by atoms with Crippen molar-refractivity contribution < 1.29 is 19.0 Å². The van der Waals surface area contributed by atoms with Crippen molar-refractivity contribution in [1.82, 2.24) is 14.7 Å². The third kappa shape index (κ3) is 5.16. The minimum atomic E-state index is -1.42. The third-order valence-corrected chi connectivity index (χ3v) is 4.78. The van der Waals surface area contributed by atoms with E-state index in [4.69, 9.17) is 4.74 Å². The number of carbonyl (C=O) groups is 1. The number of methoxy groups -OCH3 is 1. The molecule has 1 atom stereocenters. The van der Waals surface area contributed by atoms with E-state index in [0.29, 0.717) is 30.7 Å². The van der Waals surface area contributed by atoms with Crippen molar-refractivity contribution in [3.05, 3.63) is 29.6 Å². The van der Waals surface area contributed by atoms with E-state index < -0.39 is 5.60 Å². The molecule has 1 heterocycles. The van der Waals surface area contributed by atoms with Gasteiger partial charge in [-0.05, 0) is 52.2 Å². The standard InChI is InChI=1S/C19H30FN3O3/c1-21(2)10-11-22(3)14-19(25)8-5-9-23(18(19)24)13-15-12-16(26-4)6-7-17(15)20/h6-7,12,25H,5,8-11,13-14H2,1-4H3/t19-/m0/s1. The van der Waals surface area contributed by atoms with Gasteiger partial charge in [0.25, 0.3) is 5.91 Å². The highest BCUT2D eigenvalue weighted by atomic mass is 19.1. The second-order valence-electron chi connectivity index (χ2n) is 7.36. The van der Waals surface area contributed by atoms with Crippen molar-refractivity contribution in [3.8, 4) is 5.75 Å². The number of amides is 1. The largest absolute Gasteiger partial charge is 0.497 e. The highest BCUT2D eigenvalue weighted by molar-refractivity contribution is 5.86. The van der Waals surface area contributed by atoms with E-state index in [9.17, 15) is 14.3 Å². The first-order valence-electron chi connectivity index (χ1n) is 8.92. The maximum atomic E-state index is 14.1. The number of carbonyl (C=O) groups excluding carboxylic acids is 1. The van der Waals surface area contributed by atoms with Crippen molar-refractivity contribution >= 4 is 5.91 Å². The molecule has 2 rings (SSSR count). The number of halogens is 1. The maximum Gasteiger partial charge on any atom is 0.256 e. The average Bonchev–Trinajstić information content (AvgIpc) is 2.59. The molecule has 146 valence electrons. The monoisotopic (exact) mass is 367 g/mol. The van der Waals surface area contributed by atoms with Crippen LogP contribution in [0.5, 0.6) is 5.75 Å². The summed E-state index contributed by atoms with van der Waals surface area (Å²) in [5.41, 5.74) is -1.03. The van der Waals surface area contributed by atoms with Crippen LogP contribution in [0.1, 0.15) is 18.4 Å². The highest BCUT2D eigenvalue weighted by Gasteiger charge is 2.42. The number of aliphatic hydroxyl groups is 1. The first kappa shape index (κ1) is 20.6. The predicted molar refractivity (Wildman–Crippen MR) is 98.6 cm³/mol. The van der Waals surface area contributed by atoms with Crippen LogP contribution in [0.4, 0.5) is 4.39 Å². The van der Waals surface area contributed by atoms with Gasteiger partial charge >= 0.3 is 0 Å².